The van der Waals surface area contributed by atoms with Gasteiger partial charge in [-0.15, -0.1) is 0 Å². The first kappa shape index (κ1) is 12.1. The molecule has 0 heterocycles. The van der Waals surface area contributed by atoms with Crippen molar-refractivity contribution in [3.05, 3.63) is 29.8 Å². The molecule has 0 spiro atoms. The Labute approximate surface area is 98.1 Å². The van der Waals surface area contributed by atoms with Gasteiger partial charge in [0, 0.05) is 6.42 Å². The van der Waals surface area contributed by atoms with Crippen LogP contribution in [-0.2, 0) is 11.2 Å². The number of carbonyl (C=O) groups excluding carboxylic acids is 1. The summed E-state index contributed by atoms with van der Waals surface area (Å²) in [6.07, 6.45) is 0.176. The molecule has 15 heavy (non-hydrogen) atoms. The molecule has 0 aliphatic heterocycles. The Morgan fingerprint density at radius 2 is 1.93 bits per heavy atom. The van der Waals surface area contributed by atoms with Crippen LogP contribution >= 0.6 is 23.2 Å². The van der Waals surface area contributed by atoms with Crippen LogP contribution in [0.3, 0.4) is 0 Å². The number of rotatable bonds is 4. The van der Waals surface area contributed by atoms with E-state index in [9.17, 15) is 4.79 Å². The number of carbonyl (C=O) groups is 1. The first-order chi connectivity index (χ1) is 6.95. The number of alkyl halides is 2. The maximum Gasteiger partial charge on any atom is 0.254 e. The molecule has 0 radical (unpaired) electrons. The Kier molecular flexibility index (Phi) is 3.83. The van der Waals surface area contributed by atoms with Gasteiger partial charge < -0.3 is 10.5 Å². The first-order valence-electron chi connectivity index (χ1n) is 4.26. The van der Waals surface area contributed by atoms with E-state index < -0.39 is 10.2 Å². The lowest BCUT2D eigenvalue weighted by molar-refractivity contribution is -0.118. The van der Waals surface area contributed by atoms with Crippen LogP contribution in [0.1, 0.15) is 5.56 Å². The van der Waals surface area contributed by atoms with Crippen molar-refractivity contribution in [2.24, 2.45) is 5.73 Å². The standard InChI is InChI=1S/C10H11Cl2NO2/c1-15-8-4-2-7(3-5-8)6-10(11,12)9(13)14/h2-5H,6H2,1H3,(H2,13,14). The van der Waals surface area contributed by atoms with Gasteiger partial charge in [-0.2, -0.15) is 0 Å². The summed E-state index contributed by atoms with van der Waals surface area (Å²) in [5, 5.41) is 0. The minimum Gasteiger partial charge on any atom is -0.497 e. The number of primary amides is 1. The van der Waals surface area contributed by atoms with Crippen LogP contribution in [0.25, 0.3) is 0 Å². The second-order valence-corrected chi connectivity index (χ2v) is 4.58. The molecule has 1 amide bonds. The van der Waals surface area contributed by atoms with Crippen molar-refractivity contribution in [1.29, 1.82) is 0 Å². The molecular formula is C10H11Cl2NO2. The topological polar surface area (TPSA) is 52.3 Å². The highest BCUT2D eigenvalue weighted by molar-refractivity contribution is 6.58. The predicted molar refractivity (Wildman–Crippen MR) is 60.3 cm³/mol. The van der Waals surface area contributed by atoms with E-state index in [1.54, 1.807) is 31.4 Å². The SMILES string of the molecule is COc1ccc(CC(Cl)(Cl)C(N)=O)cc1. The summed E-state index contributed by atoms with van der Waals surface area (Å²) in [6, 6.07) is 7.09. The van der Waals surface area contributed by atoms with E-state index in [1.807, 2.05) is 0 Å². The van der Waals surface area contributed by atoms with Crippen LogP contribution in [0, 0.1) is 0 Å². The van der Waals surface area contributed by atoms with Gasteiger partial charge in [-0.05, 0) is 17.7 Å². The van der Waals surface area contributed by atoms with Gasteiger partial charge >= 0.3 is 0 Å². The molecule has 0 saturated carbocycles. The van der Waals surface area contributed by atoms with Crippen molar-refractivity contribution >= 4 is 29.1 Å². The van der Waals surface area contributed by atoms with Crippen LogP contribution in [0.4, 0.5) is 0 Å². The molecule has 0 aliphatic rings. The molecule has 1 aromatic rings. The third-order valence-corrected chi connectivity index (χ3v) is 2.59. The van der Waals surface area contributed by atoms with Crippen LogP contribution in [-0.4, -0.2) is 17.4 Å². The number of nitrogens with two attached hydrogens (primary N) is 1. The van der Waals surface area contributed by atoms with Crippen LogP contribution < -0.4 is 10.5 Å². The zero-order valence-corrected chi connectivity index (χ0v) is 9.68. The maximum atomic E-state index is 10.9. The number of hydrogen-bond donors (Lipinski definition) is 1. The van der Waals surface area contributed by atoms with E-state index in [0.717, 1.165) is 11.3 Å². The van der Waals surface area contributed by atoms with Crippen molar-refractivity contribution in [2.45, 2.75) is 10.8 Å². The molecule has 82 valence electrons. The summed E-state index contributed by atoms with van der Waals surface area (Å²) >= 11 is 11.5. The van der Waals surface area contributed by atoms with Crippen molar-refractivity contribution < 1.29 is 9.53 Å². The highest BCUT2D eigenvalue weighted by Crippen LogP contribution is 2.26. The molecule has 0 bridgehead atoms. The summed E-state index contributed by atoms with van der Waals surface area (Å²) in [4.78, 5) is 10.9. The zero-order valence-electron chi connectivity index (χ0n) is 8.17. The summed E-state index contributed by atoms with van der Waals surface area (Å²) in [5.74, 6) is -0.0192. The molecule has 2 N–H and O–H groups in total. The van der Waals surface area contributed by atoms with Gasteiger partial charge in [-0.25, -0.2) is 0 Å². The van der Waals surface area contributed by atoms with Crippen molar-refractivity contribution in [3.8, 4) is 5.75 Å². The Bertz CT molecular complexity index is 349. The summed E-state index contributed by atoms with van der Waals surface area (Å²) in [5.41, 5.74) is 5.87. The van der Waals surface area contributed by atoms with Gasteiger partial charge in [0.05, 0.1) is 7.11 Å². The molecule has 1 aromatic carbocycles. The van der Waals surface area contributed by atoms with Gasteiger partial charge in [0.1, 0.15) is 5.75 Å². The van der Waals surface area contributed by atoms with E-state index >= 15 is 0 Å². The average Bonchev–Trinajstić information content (AvgIpc) is 2.18. The van der Waals surface area contributed by atoms with E-state index in [0.29, 0.717) is 0 Å². The Morgan fingerprint density at radius 3 is 2.33 bits per heavy atom. The van der Waals surface area contributed by atoms with Gasteiger partial charge in [0.15, 0.2) is 4.33 Å². The largest absolute Gasteiger partial charge is 0.497 e. The van der Waals surface area contributed by atoms with Crippen molar-refractivity contribution in [1.82, 2.24) is 0 Å². The third-order valence-electron chi connectivity index (χ3n) is 1.95. The lowest BCUT2D eigenvalue weighted by Crippen LogP contribution is -2.35. The van der Waals surface area contributed by atoms with Crippen molar-refractivity contribution in [2.75, 3.05) is 7.11 Å². The smallest absolute Gasteiger partial charge is 0.254 e. The predicted octanol–water partition coefficient (Wildman–Crippen LogP) is 1.90. The van der Waals surface area contributed by atoms with Crippen molar-refractivity contribution in [3.63, 3.8) is 0 Å². The summed E-state index contributed by atoms with van der Waals surface area (Å²) in [6.45, 7) is 0. The fourth-order valence-electron chi connectivity index (χ4n) is 1.09. The van der Waals surface area contributed by atoms with Gasteiger partial charge in [-0.1, -0.05) is 35.3 Å². The van der Waals surface area contributed by atoms with E-state index in [1.165, 1.54) is 0 Å². The quantitative estimate of drug-likeness (QED) is 0.827. The maximum absolute atomic E-state index is 10.9. The van der Waals surface area contributed by atoms with Crippen LogP contribution in [0.2, 0.25) is 0 Å². The first-order valence-corrected chi connectivity index (χ1v) is 5.02. The monoisotopic (exact) mass is 247 g/mol. The fourth-order valence-corrected chi connectivity index (χ4v) is 1.40. The van der Waals surface area contributed by atoms with E-state index in [-0.39, 0.29) is 6.42 Å². The molecule has 5 heteroatoms. The lowest BCUT2D eigenvalue weighted by Gasteiger charge is -2.15. The zero-order chi connectivity index (χ0) is 11.5. The number of methoxy groups -OCH3 is 1. The minimum absolute atomic E-state index is 0.176. The highest BCUT2D eigenvalue weighted by atomic mass is 35.5. The lowest BCUT2D eigenvalue weighted by atomic mass is 10.1. The van der Waals surface area contributed by atoms with Gasteiger partial charge in [0.25, 0.3) is 5.91 Å². The molecule has 0 aliphatic carbocycles. The summed E-state index contributed by atoms with van der Waals surface area (Å²) < 4.78 is 3.43. The Morgan fingerprint density at radius 1 is 1.40 bits per heavy atom. The number of benzene rings is 1. The molecule has 0 saturated heterocycles. The van der Waals surface area contributed by atoms with E-state index in [2.05, 4.69) is 0 Å². The van der Waals surface area contributed by atoms with E-state index in [4.69, 9.17) is 33.7 Å². The molecule has 3 nitrogen and oxygen atoms in total. The number of halogens is 2. The summed E-state index contributed by atoms with van der Waals surface area (Å²) in [7, 11) is 1.58. The molecule has 0 unspecified atom stereocenters. The Hall–Kier alpha value is -0.930. The Balaban J connectivity index is 2.77. The number of ether oxygens (including phenoxy) is 1. The highest BCUT2D eigenvalue weighted by Gasteiger charge is 2.31. The van der Waals surface area contributed by atoms with Gasteiger partial charge in [-0.3, -0.25) is 4.79 Å². The number of hydrogen-bond acceptors (Lipinski definition) is 2. The molecule has 0 aromatic heterocycles. The molecule has 0 fully saturated rings. The second kappa shape index (κ2) is 4.73. The van der Waals surface area contributed by atoms with Gasteiger partial charge in [0.2, 0.25) is 0 Å². The average molecular weight is 248 g/mol. The number of amides is 1. The van der Waals surface area contributed by atoms with Crippen LogP contribution in [0.5, 0.6) is 5.75 Å². The molecule has 1 rings (SSSR count). The van der Waals surface area contributed by atoms with Crippen LogP contribution in [0.15, 0.2) is 24.3 Å². The third kappa shape index (κ3) is 3.29. The fraction of sp³-hybridized carbons (Fsp3) is 0.300. The minimum atomic E-state index is -1.56. The molecular weight excluding hydrogens is 237 g/mol. The normalized spacial score (nSPS) is 11.1. The second-order valence-electron chi connectivity index (χ2n) is 3.09. The molecule has 0 atom stereocenters.